The Morgan fingerprint density at radius 3 is 2.50 bits per heavy atom. The van der Waals surface area contributed by atoms with Gasteiger partial charge in [0.2, 0.25) is 0 Å². The van der Waals surface area contributed by atoms with Crippen molar-refractivity contribution >= 4 is 38.4 Å². The normalized spacial score (nSPS) is 10.6. The van der Waals surface area contributed by atoms with E-state index < -0.39 is 0 Å². The Balaban J connectivity index is 1.63. The first kappa shape index (κ1) is 17.8. The number of hydrogen-bond acceptors (Lipinski definition) is 6. The van der Waals surface area contributed by atoms with E-state index in [2.05, 4.69) is 15.3 Å². The first-order valence-electron chi connectivity index (χ1n) is 8.45. The van der Waals surface area contributed by atoms with Gasteiger partial charge in [-0.2, -0.15) is 0 Å². The maximum absolute atomic E-state index is 12.8. The molecule has 4 aromatic rings. The summed E-state index contributed by atoms with van der Waals surface area (Å²) in [7, 11) is 1.60. The molecule has 0 saturated heterocycles. The molecule has 0 bridgehead atoms. The van der Waals surface area contributed by atoms with Crippen LogP contribution in [0.15, 0.2) is 67.0 Å². The lowest BCUT2D eigenvalue weighted by atomic mass is 9.98. The highest BCUT2D eigenvalue weighted by Crippen LogP contribution is 2.29. The second kappa shape index (κ2) is 7.58. The molecule has 1 amide bonds. The molecule has 0 atom stereocenters. The number of anilines is 1. The summed E-state index contributed by atoms with van der Waals surface area (Å²) in [6.07, 6.45) is 3.09. The number of ether oxygens (including phenoxy) is 1. The molecule has 0 aliphatic heterocycles. The van der Waals surface area contributed by atoms with Gasteiger partial charge in [0.15, 0.2) is 10.9 Å². The third-order valence-corrected chi connectivity index (χ3v) is 5.11. The number of amides is 1. The lowest BCUT2D eigenvalue weighted by molar-refractivity contribution is 0.0996. The van der Waals surface area contributed by atoms with Crippen LogP contribution in [-0.2, 0) is 0 Å². The zero-order chi connectivity index (χ0) is 19.5. The number of carbonyl (C=O) groups is 2. The third-order valence-electron chi connectivity index (χ3n) is 4.17. The number of carbonyl (C=O) groups excluding carboxylic acids is 2. The number of hydrogen-bond donors (Lipinski definition) is 1. The van der Waals surface area contributed by atoms with Crippen LogP contribution in [0.25, 0.3) is 10.2 Å². The van der Waals surface area contributed by atoms with Gasteiger partial charge >= 0.3 is 0 Å². The van der Waals surface area contributed by atoms with Crippen LogP contribution < -0.4 is 10.1 Å². The van der Waals surface area contributed by atoms with E-state index in [1.54, 1.807) is 55.9 Å². The maximum Gasteiger partial charge on any atom is 0.258 e. The van der Waals surface area contributed by atoms with Gasteiger partial charge in [-0.15, -0.1) is 0 Å². The van der Waals surface area contributed by atoms with E-state index in [4.69, 9.17) is 4.74 Å². The molecular formula is C21H15N3O3S. The number of benzene rings is 2. The lowest BCUT2D eigenvalue weighted by Crippen LogP contribution is -2.16. The average Bonchev–Trinajstić information content (AvgIpc) is 3.15. The van der Waals surface area contributed by atoms with E-state index in [0.29, 0.717) is 21.8 Å². The van der Waals surface area contributed by atoms with Gasteiger partial charge in [0.05, 0.1) is 22.9 Å². The Bertz CT molecular complexity index is 1170. The fourth-order valence-corrected chi connectivity index (χ4v) is 3.68. The Labute approximate surface area is 164 Å². The quantitative estimate of drug-likeness (QED) is 0.518. The van der Waals surface area contributed by atoms with Crippen molar-refractivity contribution in [3.05, 3.63) is 83.7 Å². The SMILES string of the molecule is COc1ccc2nc(NC(=O)c3ccccc3C(=O)c3ccncc3)sc2c1. The first-order valence-corrected chi connectivity index (χ1v) is 9.27. The average molecular weight is 389 g/mol. The molecule has 0 fully saturated rings. The van der Waals surface area contributed by atoms with Crippen LogP contribution in [0.4, 0.5) is 5.13 Å². The molecule has 4 rings (SSSR count). The predicted octanol–water partition coefficient (Wildman–Crippen LogP) is 4.18. The molecule has 0 aliphatic rings. The monoisotopic (exact) mass is 389 g/mol. The van der Waals surface area contributed by atoms with Crippen molar-refractivity contribution in [1.82, 2.24) is 9.97 Å². The van der Waals surface area contributed by atoms with Crippen LogP contribution in [0.3, 0.4) is 0 Å². The predicted molar refractivity (Wildman–Crippen MR) is 108 cm³/mol. The fraction of sp³-hybridized carbons (Fsp3) is 0.0476. The second-order valence-corrected chi connectivity index (χ2v) is 6.95. The minimum atomic E-state index is -0.385. The number of thiazole rings is 1. The van der Waals surface area contributed by atoms with Crippen molar-refractivity contribution < 1.29 is 14.3 Å². The van der Waals surface area contributed by atoms with Gasteiger partial charge in [0, 0.05) is 23.5 Å². The molecule has 0 saturated carbocycles. The van der Waals surface area contributed by atoms with Crippen molar-refractivity contribution in [1.29, 1.82) is 0 Å². The van der Waals surface area contributed by atoms with E-state index in [0.717, 1.165) is 16.0 Å². The highest BCUT2D eigenvalue weighted by Gasteiger charge is 2.19. The van der Waals surface area contributed by atoms with Crippen molar-refractivity contribution in [2.45, 2.75) is 0 Å². The van der Waals surface area contributed by atoms with E-state index in [1.807, 2.05) is 18.2 Å². The minimum absolute atomic E-state index is 0.234. The largest absolute Gasteiger partial charge is 0.497 e. The van der Waals surface area contributed by atoms with Gasteiger partial charge in [-0.3, -0.25) is 19.9 Å². The Morgan fingerprint density at radius 1 is 1.00 bits per heavy atom. The lowest BCUT2D eigenvalue weighted by Gasteiger charge is -2.08. The number of nitrogens with zero attached hydrogens (tertiary/aromatic N) is 2. The molecule has 1 N–H and O–H groups in total. The summed E-state index contributed by atoms with van der Waals surface area (Å²) in [4.78, 5) is 34.0. The van der Waals surface area contributed by atoms with Crippen LogP contribution >= 0.6 is 11.3 Å². The summed E-state index contributed by atoms with van der Waals surface area (Å²) in [5.74, 6) is 0.105. The molecular weight excluding hydrogens is 374 g/mol. The van der Waals surface area contributed by atoms with Gasteiger partial charge in [0.25, 0.3) is 5.91 Å². The summed E-state index contributed by atoms with van der Waals surface area (Å²) in [6.45, 7) is 0. The van der Waals surface area contributed by atoms with Gasteiger partial charge in [-0.25, -0.2) is 4.98 Å². The van der Waals surface area contributed by atoms with Crippen LogP contribution in [0.2, 0.25) is 0 Å². The van der Waals surface area contributed by atoms with E-state index in [-0.39, 0.29) is 11.7 Å². The van der Waals surface area contributed by atoms with Crippen LogP contribution in [-0.4, -0.2) is 28.8 Å². The summed E-state index contributed by atoms with van der Waals surface area (Å²) < 4.78 is 6.11. The van der Waals surface area contributed by atoms with E-state index >= 15 is 0 Å². The molecule has 0 radical (unpaired) electrons. The molecule has 0 aliphatic carbocycles. The van der Waals surface area contributed by atoms with Crippen molar-refractivity contribution in [2.75, 3.05) is 12.4 Å². The highest BCUT2D eigenvalue weighted by molar-refractivity contribution is 7.22. The molecule has 7 heteroatoms. The molecule has 2 aromatic heterocycles. The summed E-state index contributed by atoms with van der Waals surface area (Å²) in [5.41, 5.74) is 1.86. The number of aromatic nitrogens is 2. The number of methoxy groups -OCH3 is 1. The van der Waals surface area contributed by atoms with Crippen molar-refractivity contribution in [3.8, 4) is 5.75 Å². The molecule has 2 aromatic carbocycles. The summed E-state index contributed by atoms with van der Waals surface area (Å²) in [6, 6.07) is 15.5. The van der Waals surface area contributed by atoms with Crippen LogP contribution in [0.5, 0.6) is 5.75 Å². The molecule has 28 heavy (non-hydrogen) atoms. The number of fused-ring (bicyclic) bond motifs is 1. The number of ketones is 1. The first-order chi connectivity index (χ1) is 13.7. The molecule has 138 valence electrons. The Hall–Kier alpha value is -3.58. The second-order valence-electron chi connectivity index (χ2n) is 5.92. The number of nitrogens with one attached hydrogen (secondary N) is 1. The minimum Gasteiger partial charge on any atom is -0.497 e. The van der Waals surface area contributed by atoms with Gasteiger partial charge in [-0.1, -0.05) is 29.5 Å². The zero-order valence-electron chi connectivity index (χ0n) is 14.9. The van der Waals surface area contributed by atoms with Crippen LogP contribution in [0.1, 0.15) is 26.3 Å². The number of rotatable bonds is 5. The fourth-order valence-electron chi connectivity index (χ4n) is 2.79. The molecule has 0 unspecified atom stereocenters. The Morgan fingerprint density at radius 2 is 1.75 bits per heavy atom. The van der Waals surface area contributed by atoms with Gasteiger partial charge in [-0.05, 0) is 36.4 Å². The number of pyridine rings is 1. The standard InChI is InChI=1S/C21H15N3O3S/c1-27-14-6-7-17-18(12-14)28-21(23-17)24-20(26)16-5-3-2-4-15(16)19(25)13-8-10-22-11-9-13/h2-12H,1H3,(H,23,24,26). The van der Waals surface area contributed by atoms with Gasteiger partial charge < -0.3 is 4.74 Å². The zero-order valence-corrected chi connectivity index (χ0v) is 15.7. The maximum atomic E-state index is 12.8. The highest BCUT2D eigenvalue weighted by atomic mass is 32.1. The summed E-state index contributed by atoms with van der Waals surface area (Å²) >= 11 is 1.34. The molecule has 2 heterocycles. The van der Waals surface area contributed by atoms with E-state index in [1.165, 1.54) is 11.3 Å². The topological polar surface area (TPSA) is 81.2 Å². The Kier molecular flexibility index (Phi) is 4.82. The molecule has 0 spiro atoms. The summed E-state index contributed by atoms with van der Waals surface area (Å²) in [5, 5.41) is 3.25. The molecule has 6 nitrogen and oxygen atoms in total. The van der Waals surface area contributed by atoms with E-state index in [9.17, 15) is 9.59 Å². The van der Waals surface area contributed by atoms with Crippen molar-refractivity contribution in [3.63, 3.8) is 0 Å². The van der Waals surface area contributed by atoms with Gasteiger partial charge in [0.1, 0.15) is 5.75 Å². The third kappa shape index (κ3) is 3.47. The van der Waals surface area contributed by atoms with Crippen LogP contribution in [0, 0.1) is 0 Å². The smallest absolute Gasteiger partial charge is 0.258 e. The van der Waals surface area contributed by atoms with Crippen molar-refractivity contribution in [2.24, 2.45) is 0 Å².